The molecular formula is C33H40O6. The zero-order valence-electron chi connectivity index (χ0n) is 23.9. The summed E-state index contributed by atoms with van der Waals surface area (Å²) in [7, 11) is 0. The predicted octanol–water partition coefficient (Wildman–Crippen LogP) is 8.50. The van der Waals surface area contributed by atoms with Crippen molar-refractivity contribution in [2.75, 3.05) is 13.2 Å². The van der Waals surface area contributed by atoms with E-state index in [1.165, 1.54) is 40.5 Å². The molecule has 0 aliphatic heterocycles. The molecule has 0 amide bonds. The third-order valence-electron chi connectivity index (χ3n) is 6.34. The average Bonchev–Trinajstić information content (AvgIpc) is 2.84. The fourth-order valence-electron chi connectivity index (χ4n) is 4.08. The van der Waals surface area contributed by atoms with E-state index in [-0.39, 0.29) is 45.8 Å². The molecule has 3 aromatic rings. The first-order valence-electron chi connectivity index (χ1n) is 13.3. The number of ether oxygens (including phenoxy) is 2. The van der Waals surface area contributed by atoms with E-state index in [2.05, 4.69) is 46.8 Å². The molecule has 39 heavy (non-hydrogen) atoms. The Bertz CT molecular complexity index is 1490. The third-order valence-corrected chi connectivity index (χ3v) is 6.34. The fourth-order valence-corrected chi connectivity index (χ4v) is 4.08. The van der Waals surface area contributed by atoms with Gasteiger partial charge in [0.2, 0.25) is 5.43 Å². The van der Waals surface area contributed by atoms with E-state index in [0.717, 1.165) is 25.7 Å². The second-order valence-electron chi connectivity index (χ2n) is 10.4. The molecule has 6 nitrogen and oxygen atoms in total. The lowest BCUT2D eigenvalue weighted by molar-refractivity contribution is 0.335. The molecule has 0 bridgehead atoms. The summed E-state index contributed by atoms with van der Waals surface area (Å²) in [5, 5.41) is 21.3. The zero-order chi connectivity index (χ0) is 28.5. The van der Waals surface area contributed by atoms with Crippen molar-refractivity contribution in [2.45, 2.75) is 67.2 Å². The summed E-state index contributed by atoms with van der Waals surface area (Å²) in [5.41, 5.74) is 4.98. The van der Waals surface area contributed by atoms with E-state index >= 15 is 0 Å². The monoisotopic (exact) mass is 532 g/mol. The fraction of sp³-hybridized carbons (Fsp3) is 0.364. The van der Waals surface area contributed by atoms with Gasteiger partial charge in [-0.25, -0.2) is 0 Å². The molecule has 0 fully saturated rings. The number of hydrogen-bond acceptors (Lipinski definition) is 6. The van der Waals surface area contributed by atoms with Crippen molar-refractivity contribution in [2.24, 2.45) is 0 Å². The largest absolute Gasteiger partial charge is 0.507 e. The van der Waals surface area contributed by atoms with Gasteiger partial charge < -0.3 is 24.1 Å². The molecule has 0 unspecified atom stereocenters. The van der Waals surface area contributed by atoms with Crippen molar-refractivity contribution in [3.8, 4) is 23.0 Å². The summed E-state index contributed by atoms with van der Waals surface area (Å²) in [5.74, 6) is 0.190. The molecule has 2 aromatic carbocycles. The highest BCUT2D eigenvalue weighted by Gasteiger charge is 2.16. The Balaban J connectivity index is 1.80. The van der Waals surface area contributed by atoms with Gasteiger partial charge in [0.05, 0.1) is 5.39 Å². The molecule has 0 radical (unpaired) electrons. The molecule has 0 saturated carbocycles. The zero-order valence-corrected chi connectivity index (χ0v) is 23.9. The summed E-state index contributed by atoms with van der Waals surface area (Å²) in [6.45, 7) is 13.0. The molecule has 208 valence electrons. The van der Waals surface area contributed by atoms with Crippen molar-refractivity contribution in [1.82, 2.24) is 0 Å². The van der Waals surface area contributed by atoms with Crippen LogP contribution in [0.25, 0.3) is 21.9 Å². The minimum atomic E-state index is -0.442. The van der Waals surface area contributed by atoms with E-state index < -0.39 is 5.43 Å². The highest BCUT2D eigenvalue weighted by Crippen LogP contribution is 2.35. The van der Waals surface area contributed by atoms with Gasteiger partial charge in [-0.2, -0.15) is 0 Å². The number of phenols is 2. The smallest absolute Gasteiger partial charge is 0.204 e. The van der Waals surface area contributed by atoms with Crippen LogP contribution >= 0.6 is 0 Å². The molecule has 0 saturated heterocycles. The van der Waals surface area contributed by atoms with Crippen molar-refractivity contribution in [1.29, 1.82) is 0 Å². The lowest BCUT2D eigenvalue weighted by atomic mass is 10.1. The van der Waals surface area contributed by atoms with Gasteiger partial charge in [0.1, 0.15) is 41.3 Å². The predicted molar refractivity (Wildman–Crippen MR) is 159 cm³/mol. The summed E-state index contributed by atoms with van der Waals surface area (Å²) < 4.78 is 17.6. The van der Waals surface area contributed by atoms with Crippen molar-refractivity contribution >= 4 is 21.9 Å². The van der Waals surface area contributed by atoms with E-state index in [0.29, 0.717) is 12.4 Å². The number of allylic oxidation sites excluding steroid dienone is 6. The van der Waals surface area contributed by atoms with Crippen LogP contribution in [0.4, 0.5) is 0 Å². The van der Waals surface area contributed by atoms with Crippen LogP contribution in [0.2, 0.25) is 0 Å². The van der Waals surface area contributed by atoms with E-state index in [1.54, 1.807) is 6.07 Å². The number of fused-ring (bicyclic) bond motifs is 2. The average molecular weight is 533 g/mol. The van der Waals surface area contributed by atoms with Gasteiger partial charge in [-0.15, -0.1) is 0 Å². The van der Waals surface area contributed by atoms with Gasteiger partial charge in [-0.3, -0.25) is 4.79 Å². The van der Waals surface area contributed by atoms with Gasteiger partial charge in [0.25, 0.3) is 0 Å². The van der Waals surface area contributed by atoms with Crippen LogP contribution in [0.3, 0.4) is 0 Å². The Morgan fingerprint density at radius 2 is 1.33 bits per heavy atom. The maximum absolute atomic E-state index is 13.1. The summed E-state index contributed by atoms with van der Waals surface area (Å²) in [6, 6.07) is 5.81. The van der Waals surface area contributed by atoms with Crippen LogP contribution in [0.5, 0.6) is 23.0 Å². The quantitative estimate of drug-likeness (QED) is 0.180. The third kappa shape index (κ3) is 8.54. The van der Waals surface area contributed by atoms with Crippen molar-refractivity contribution in [3.05, 3.63) is 81.1 Å². The molecule has 3 rings (SSSR count). The first kappa shape index (κ1) is 29.6. The van der Waals surface area contributed by atoms with Crippen molar-refractivity contribution < 1.29 is 24.1 Å². The first-order chi connectivity index (χ1) is 18.5. The van der Waals surface area contributed by atoms with E-state index in [1.807, 2.05) is 19.1 Å². The first-order valence-corrected chi connectivity index (χ1v) is 13.3. The van der Waals surface area contributed by atoms with Gasteiger partial charge in [-0.05, 0) is 85.4 Å². The Morgan fingerprint density at radius 1 is 0.744 bits per heavy atom. The summed E-state index contributed by atoms with van der Waals surface area (Å²) in [4.78, 5) is 13.1. The minimum absolute atomic E-state index is 0.0336. The molecule has 0 aliphatic rings. The van der Waals surface area contributed by atoms with Crippen LogP contribution in [0, 0.1) is 0 Å². The summed E-state index contributed by atoms with van der Waals surface area (Å²) >= 11 is 0. The Hall–Kier alpha value is -3.93. The Morgan fingerprint density at radius 3 is 1.92 bits per heavy atom. The van der Waals surface area contributed by atoms with Crippen LogP contribution in [0.15, 0.2) is 80.1 Å². The van der Waals surface area contributed by atoms with E-state index in [9.17, 15) is 15.0 Å². The van der Waals surface area contributed by atoms with Gasteiger partial charge in [-0.1, -0.05) is 34.4 Å². The van der Waals surface area contributed by atoms with Gasteiger partial charge >= 0.3 is 0 Å². The molecule has 6 heteroatoms. The van der Waals surface area contributed by atoms with Crippen molar-refractivity contribution in [3.63, 3.8) is 0 Å². The summed E-state index contributed by atoms with van der Waals surface area (Å²) in [6.07, 6.45) is 12.2. The lowest BCUT2D eigenvalue weighted by Crippen LogP contribution is -2.04. The minimum Gasteiger partial charge on any atom is -0.507 e. The SMILES string of the molecule is CC(C)=CCC/C(C)=C/COc1cc(O)c2c(=O)c3cc(O)c(OC/C=C(\C)CCC=C(C)C)cc3oc2c1. The molecular weight excluding hydrogens is 492 g/mol. The number of aromatic hydroxyl groups is 2. The highest BCUT2D eigenvalue weighted by atomic mass is 16.5. The number of rotatable bonds is 12. The topological polar surface area (TPSA) is 89.1 Å². The Kier molecular flexibility index (Phi) is 10.4. The normalized spacial score (nSPS) is 12.1. The van der Waals surface area contributed by atoms with E-state index in [4.69, 9.17) is 13.9 Å². The molecule has 2 N–H and O–H groups in total. The van der Waals surface area contributed by atoms with Gasteiger partial charge in [0, 0.05) is 18.2 Å². The molecule has 1 heterocycles. The van der Waals surface area contributed by atoms with Crippen LogP contribution in [-0.4, -0.2) is 23.4 Å². The second-order valence-corrected chi connectivity index (χ2v) is 10.4. The molecule has 0 aliphatic carbocycles. The standard InChI is InChI=1S/C33H40O6/c1-21(2)9-7-11-23(5)13-15-37-25-17-28(35)32-31(18-25)39-29-20-30(27(34)19-26(29)33(32)36)38-16-14-24(6)12-8-10-22(3)4/h9-10,13-14,17-20,34-35H,7-8,11-12,15-16H2,1-6H3/b23-13+,24-14+. The Labute approximate surface area is 230 Å². The maximum Gasteiger partial charge on any atom is 0.204 e. The van der Waals surface area contributed by atoms with Crippen LogP contribution in [-0.2, 0) is 0 Å². The highest BCUT2D eigenvalue weighted by molar-refractivity contribution is 5.94. The number of benzene rings is 2. The lowest BCUT2D eigenvalue weighted by Gasteiger charge is -2.10. The molecule has 0 atom stereocenters. The number of hydrogen-bond donors (Lipinski definition) is 2. The second kappa shape index (κ2) is 13.7. The molecule has 0 spiro atoms. The molecule has 1 aromatic heterocycles. The van der Waals surface area contributed by atoms with Gasteiger partial charge in [0.15, 0.2) is 11.5 Å². The van der Waals surface area contributed by atoms with Crippen LogP contribution in [0.1, 0.15) is 67.2 Å². The van der Waals surface area contributed by atoms with Crippen LogP contribution < -0.4 is 14.9 Å². The maximum atomic E-state index is 13.1. The number of phenolic OH excluding ortho intramolecular Hbond substituents is 2.